The molecule has 0 spiro atoms. The van der Waals surface area contributed by atoms with Crippen LogP contribution in [0.25, 0.3) is 0 Å². The summed E-state index contributed by atoms with van der Waals surface area (Å²) < 4.78 is 31.5. The van der Waals surface area contributed by atoms with E-state index in [4.69, 9.17) is 14.2 Å². The maximum Gasteiger partial charge on any atom is 0.410 e. The van der Waals surface area contributed by atoms with E-state index in [1.807, 2.05) is 6.92 Å². The van der Waals surface area contributed by atoms with Gasteiger partial charge < -0.3 is 24.0 Å². The van der Waals surface area contributed by atoms with Gasteiger partial charge in [0.05, 0.1) is 5.56 Å². The largest absolute Gasteiger partial charge is 0.476 e. The van der Waals surface area contributed by atoms with Gasteiger partial charge in [0.25, 0.3) is 5.91 Å². The first kappa shape index (κ1) is 29.9. The average molecular weight is 543 g/mol. The number of halogens is 1. The van der Waals surface area contributed by atoms with Gasteiger partial charge in [-0.25, -0.2) is 14.0 Å². The van der Waals surface area contributed by atoms with E-state index in [9.17, 15) is 18.8 Å². The van der Waals surface area contributed by atoms with Crippen LogP contribution in [0.3, 0.4) is 0 Å². The minimum Gasteiger partial charge on any atom is -0.476 e. The molecule has 2 aromatic carbocycles. The van der Waals surface area contributed by atoms with Crippen molar-refractivity contribution in [2.75, 3.05) is 19.6 Å². The number of carbonyl (C=O) groups is 3. The summed E-state index contributed by atoms with van der Waals surface area (Å²) in [5.74, 6) is -0.941. The van der Waals surface area contributed by atoms with Crippen LogP contribution in [0.15, 0.2) is 42.5 Å². The lowest BCUT2D eigenvalue weighted by Crippen LogP contribution is -2.57. The molecule has 2 amide bonds. The first-order valence-corrected chi connectivity index (χ1v) is 13.1. The molecule has 0 bridgehead atoms. The number of hydrogen-bond donors (Lipinski definition) is 0. The SMILES string of the molecule is Cc1ccc(C(Oc2ccc(C(=O)OC(C)(C)C)cc2)C(=O)N2CCN(C(=O)OC(C)(C)C)[C@H](C)C2)cc1F. The van der Waals surface area contributed by atoms with Crippen LogP contribution in [0.1, 0.15) is 76.1 Å². The molecule has 8 nitrogen and oxygen atoms in total. The predicted octanol–water partition coefficient (Wildman–Crippen LogP) is 5.68. The van der Waals surface area contributed by atoms with E-state index < -0.39 is 35.2 Å². The molecule has 212 valence electrons. The first-order valence-electron chi connectivity index (χ1n) is 13.1. The maximum atomic E-state index is 14.5. The van der Waals surface area contributed by atoms with Gasteiger partial charge in [0.1, 0.15) is 22.8 Å². The zero-order valence-electron chi connectivity index (χ0n) is 24.0. The van der Waals surface area contributed by atoms with Crippen molar-refractivity contribution in [3.8, 4) is 5.75 Å². The molecule has 1 fully saturated rings. The number of carbonyl (C=O) groups excluding carboxylic acids is 3. The first-order chi connectivity index (χ1) is 18.0. The zero-order valence-corrected chi connectivity index (χ0v) is 24.0. The molecule has 1 unspecified atom stereocenters. The smallest absolute Gasteiger partial charge is 0.410 e. The van der Waals surface area contributed by atoms with Gasteiger partial charge in [-0.05, 0) is 91.3 Å². The molecule has 3 rings (SSSR count). The van der Waals surface area contributed by atoms with Crippen molar-refractivity contribution < 1.29 is 33.0 Å². The van der Waals surface area contributed by atoms with E-state index in [2.05, 4.69) is 0 Å². The summed E-state index contributed by atoms with van der Waals surface area (Å²) in [4.78, 5) is 42.0. The number of amides is 2. The highest BCUT2D eigenvalue weighted by Gasteiger charge is 2.36. The summed E-state index contributed by atoms with van der Waals surface area (Å²) in [5, 5.41) is 0. The molecule has 0 aliphatic carbocycles. The Labute approximate surface area is 230 Å². The summed E-state index contributed by atoms with van der Waals surface area (Å²) in [7, 11) is 0. The highest BCUT2D eigenvalue weighted by Crippen LogP contribution is 2.28. The quantitative estimate of drug-likeness (QED) is 0.452. The second kappa shape index (κ2) is 11.6. The molecule has 0 aromatic heterocycles. The van der Waals surface area contributed by atoms with Gasteiger partial charge in [-0.15, -0.1) is 0 Å². The highest BCUT2D eigenvalue weighted by molar-refractivity contribution is 5.90. The second-order valence-corrected chi connectivity index (χ2v) is 11.8. The molecular formula is C30H39FN2O6. The van der Waals surface area contributed by atoms with Crippen molar-refractivity contribution in [3.63, 3.8) is 0 Å². The molecule has 1 saturated heterocycles. The van der Waals surface area contributed by atoms with E-state index >= 15 is 0 Å². The number of rotatable bonds is 5. The Bertz CT molecular complexity index is 1200. The summed E-state index contributed by atoms with van der Waals surface area (Å²) in [6.07, 6.45) is -1.56. The lowest BCUT2D eigenvalue weighted by atomic mass is 10.0. The van der Waals surface area contributed by atoms with E-state index in [-0.39, 0.29) is 25.0 Å². The Hall–Kier alpha value is -3.62. The molecular weight excluding hydrogens is 503 g/mol. The lowest BCUT2D eigenvalue weighted by molar-refractivity contribution is -0.142. The van der Waals surface area contributed by atoms with Gasteiger partial charge in [0.15, 0.2) is 0 Å². The van der Waals surface area contributed by atoms with Gasteiger partial charge in [0, 0.05) is 31.2 Å². The standard InChI is InChI=1S/C30H39FN2O6/c1-19-9-10-22(17-24(19)31)25(37-23-13-11-21(12-14-23)27(35)38-29(3,4)5)26(34)32-15-16-33(20(2)18-32)28(36)39-30(6,7)8/h9-14,17,20,25H,15-16,18H2,1-8H3/t20-,25?/m1/s1. The van der Waals surface area contributed by atoms with Crippen molar-refractivity contribution in [3.05, 3.63) is 65.0 Å². The number of nitrogens with zero attached hydrogens (tertiary/aromatic N) is 2. The van der Waals surface area contributed by atoms with Gasteiger partial charge in [-0.1, -0.05) is 12.1 Å². The molecule has 9 heteroatoms. The molecule has 0 N–H and O–H groups in total. The number of aryl methyl sites for hydroxylation is 1. The Kier molecular flexibility index (Phi) is 8.93. The normalized spacial score (nSPS) is 16.9. The van der Waals surface area contributed by atoms with Gasteiger partial charge in [-0.2, -0.15) is 0 Å². The molecule has 2 atom stereocenters. The minimum absolute atomic E-state index is 0.268. The number of ether oxygens (including phenoxy) is 3. The molecule has 39 heavy (non-hydrogen) atoms. The Balaban J connectivity index is 1.81. The predicted molar refractivity (Wildman–Crippen MR) is 145 cm³/mol. The van der Waals surface area contributed by atoms with Crippen LogP contribution < -0.4 is 4.74 Å². The topological polar surface area (TPSA) is 85.4 Å². The van der Waals surface area contributed by atoms with Crippen LogP contribution in [0.2, 0.25) is 0 Å². The third-order valence-electron chi connectivity index (χ3n) is 6.03. The minimum atomic E-state index is -1.13. The van der Waals surface area contributed by atoms with Crippen molar-refractivity contribution in [2.24, 2.45) is 0 Å². The third-order valence-corrected chi connectivity index (χ3v) is 6.03. The fraction of sp³-hybridized carbons (Fsp3) is 0.500. The van der Waals surface area contributed by atoms with E-state index in [1.165, 1.54) is 6.07 Å². The Morgan fingerprint density at radius 2 is 1.54 bits per heavy atom. The van der Waals surface area contributed by atoms with Gasteiger partial charge >= 0.3 is 12.1 Å². The number of piperazine rings is 1. The van der Waals surface area contributed by atoms with Crippen LogP contribution >= 0.6 is 0 Å². The highest BCUT2D eigenvalue weighted by atomic mass is 19.1. The van der Waals surface area contributed by atoms with Gasteiger partial charge in [-0.3, -0.25) is 4.79 Å². The Morgan fingerprint density at radius 1 is 0.923 bits per heavy atom. The molecule has 0 saturated carbocycles. The summed E-state index contributed by atoms with van der Waals surface area (Å²) >= 11 is 0. The zero-order chi connectivity index (χ0) is 29.1. The molecule has 1 aliphatic heterocycles. The monoisotopic (exact) mass is 542 g/mol. The summed E-state index contributed by atoms with van der Waals surface area (Å²) in [5.41, 5.74) is -0.109. The average Bonchev–Trinajstić information content (AvgIpc) is 2.82. The van der Waals surface area contributed by atoms with Crippen LogP contribution in [0.4, 0.5) is 9.18 Å². The third kappa shape index (κ3) is 8.18. The number of benzene rings is 2. The van der Waals surface area contributed by atoms with Crippen LogP contribution in [0, 0.1) is 12.7 Å². The van der Waals surface area contributed by atoms with Crippen molar-refractivity contribution in [2.45, 2.75) is 78.7 Å². The van der Waals surface area contributed by atoms with E-state index in [1.54, 1.807) is 94.7 Å². The number of hydrogen-bond acceptors (Lipinski definition) is 6. The van der Waals surface area contributed by atoms with E-state index in [0.717, 1.165) is 0 Å². The molecule has 2 aromatic rings. The fourth-order valence-corrected chi connectivity index (χ4v) is 4.09. The van der Waals surface area contributed by atoms with Crippen LogP contribution in [-0.4, -0.2) is 64.6 Å². The maximum absolute atomic E-state index is 14.5. The van der Waals surface area contributed by atoms with E-state index in [0.29, 0.717) is 29.0 Å². The summed E-state index contributed by atoms with van der Waals surface area (Å²) in [6, 6.07) is 10.5. The van der Waals surface area contributed by atoms with Crippen LogP contribution in [0.5, 0.6) is 5.75 Å². The fourth-order valence-electron chi connectivity index (χ4n) is 4.09. The Morgan fingerprint density at radius 3 is 2.08 bits per heavy atom. The van der Waals surface area contributed by atoms with Crippen molar-refractivity contribution >= 4 is 18.0 Å². The summed E-state index contributed by atoms with van der Waals surface area (Å²) in [6.45, 7) is 15.1. The van der Waals surface area contributed by atoms with Crippen LogP contribution in [-0.2, 0) is 14.3 Å². The molecule has 0 radical (unpaired) electrons. The van der Waals surface area contributed by atoms with Gasteiger partial charge in [0.2, 0.25) is 6.10 Å². The van der Waals surface area contributed by atoms with Crippen molar-refractivity contribution in [1.82, 2.24) is 9.80 Å². The molecule has 1 aliphatic rings. The lowest BCUT2D eigenvalue weighted by Gasteiger charge is -2.41. The van der Waals surface area contributed by atoms with Crippen molar-refractivity contribution in [1.29, 1.82) is 0 Å². The second-order valence-electron chi connectivity index (χ2n) is 11.8. The molecule has 1 heterocycles. The number of esters is 1.